The molecule has 82 valence electrons. The highest BCUT2D eigenvalue weighted by molar-refractivity contribution is 6.42. The maximum absolute atomic E-state index is 11.2. The van der Waals surface area contributed by atoms with Gasteiger partial charge in [0.05, 0.1) is 10.0 Å². The summed E-state index contributed by atoms with van der Waals surface area (Å²) in [6.45, 7) is 0. The topological polar surface area (TPSA) is 58.2 Å². The van der Waals surface area contributed by atoms with Gasteiger partial charge in [-0.1, -0.05) is 29.3 Å². The summed E-state index contributed by atoms with van der Waals surface area (Å²) in [6.07, 6.45) is 1.52. The standard InChI is InChI=1S/C10H6Cl2N2O2/c11-6-2-1-5(3-7(6)12)4-8-9(15)14-10(16)13-8/h1-4H,(H2,13,14,15,16)/b8-4+. The van der Waals surface area contributed by atoms with Crippen molar-refractivity contribution in [3.05, 3.63) is 39.5 Å². The fraction of sp³-hybridized carbons (Fsp3) is 0. The molecule has 1 aliphatic rings. The average Bonchev–Trinajstić information content (AvgIpc) is 2.51. The zero-order valence-corrected chi connectivity index (χ0v) is 9.39. The van der Waals surface area contributed by atoms with Crippen molar-refractivity contribution >= 4 is 41.2 Å². The molecule has 1 saturated heterocycles. The number of hydrogen-bond acceptors (Lipinski definition) is 2. The number of nitrogens with one attached hydrogen (secondary N) is 2. The molecule has 1 aromatic carbocycles. The Labute approximate surface area is 101 Å². The predicted molar refractivity (Wildman–Crippen MR) is 61.1 cm³/mol. The minimum absolute atomic E-state index is 0.184. The van der Waals surface area contributed by atoms with Crippen LogP contribution in [0.25, 0.3) is 6.08 Å². The first-order valence-electron chi connectivity index (χ1n) is 4.35. The Bertz CT molecular complexity index is 512. The van der Waals surface area contributed by atoms with Crippen LogP contribution in [0.5, 0.6) is 0 Å². The van der Waals surface area contributed by atoms with Gasteiger partial charge in [0, 0.05) is 0 Å². The molecule has 0 aliphatic carbocycles. The summed E-state index contributed by atoms with van der Waals surface area (Å²) in [6, 6.07) is 4.38. The minimum Gasteiger partial charge on any atom is -0.303 e. The van der Waals surface area contributed by atoms with Crippen molar-refractivity contribution in [1.29, 1.82) is 0 Å². The van der Waals surface area contributed by atoms with Crippen molar-refractivity contribution in [2.75, 3.05) is 0 Å². The van der Waals surface area contributed by atoms with Crippen LogP contribution < -0.4 is 10.6 Å². The monoisotopic (exact) mass is 256 g/mol. The maximum atomic E-state index is 11.2. The summed E-state index contributed by atoms with van der Waals surface area (Å²) in [5, 5.41) is 5.29. The molecular weight excluding hydrogens is 251 g/mol. The molecule has 0 spiro atoms. The van der Waals surface area contributed by atoms with Crippen molar-refractivity contribution in [3.8, 4) is 0 Å². The highest BCUT2D eigenvalue weighted by atomic mass is 35.5. The van der Waals surface area contributed by atoms with Crippen molar-refractivity contribution in [2.45, 2.75) is 0 Å². The van der Waals surface area contributed by atoms with Gasteiger partial charge in [-0.05, 0) is 23.8 Å². The lowest BCUT2D eigenvalue weighted by Gasteiger charge is -1.98. The van der Waals surface area contributed by atoms with Gasteiger partial charge in [0.15, 0.2) is 0 Å². The maximum Gasteiger partial charge on any atom is 0.326 e. The van der Waals surface area contributed by atoms with Crippen LogP contribution in [0.2, 0.25) is 10.0 Å². The number of benzene rings is 1. The third-order valence-corrected chi connectivity index (χ3v) is 2.71. The second-order valence-corrected chi connectivity index (χ2v) is 3.95. The Morgan fingerprint density at radius 1 is 1.06 bits per heavy atom. The van der Waals surface area contributed by atoms with E-state index in [9.17, 15) is 9.59 Å². The number of amides is 3. The van der Waals surface area contributed by atoms with Crippen LogP contribution in [0.4, 0.5) is 4.79 Å². The zero-order valence-electron chi connectivity index (χ0n) is 7.88. The second kappa shape index (κ2) is 4.15. The lowest BCUT2D eigenvalue weighted by atomic mass is 10.2. The van der Waals surface area contributed by atoms with Gasteiger partial charge in [0.25, 0.3) is 5.91 Å². The summed E-state index contributed by atoms with van der Waals surface area (Å²) < 4.78 is 0. The average molecular weight is 257 g/mol. The first-order valence-corrected chi connectivity index (χ1v) is 5.11. The number of rotatable bonds is 1. The van der Waals surface area contributed by atoms with Crippen LogP contribution in [0.15, 0.2) is 23.9 Å². The fourth-order valence-electron chi connectivity index (χ4n) is 1.25. The first kappa shape index (κ1) is 11.0. The third-order valence-electron chi connectivity index (χ3n) is 1.97. The van der Waals surface area contributed by atoms with E-state index in [0.717, 1.165) is 0 Å². The van der Waals surface area contributed by atoms with E-state index in [-0.39, 0.29) is 5.70 Å². The number of urea groups is 1. The highest BCUT2D eigenvalue weighted by Gasteiger charge is 2.22. The van der Waals surface area contributed by atoms with Gasteiger partial charge in [-0.3, -0.25) is 10.1 Å². The number of carbonyl (C=O) groups excluding carboxylic acids is 2. The molecule has 1 heterocycles. The van der Waals surface area contributed by atoms with Crippen LogP contribution in [0.3, 0.4) is 0 Å². The second-order valence-electron chi connectivity index (χ2n) is 3.14. The first-order chi connectivity index (χ1) is 7.56. The number of hydrogen-bond donors (Lipinski definition) is 2. The van der Waals surface area contributed by atoms with Crippen LogP contribution in [0.1, 0.15) is 5.56 Å². The molecule has 0 bridgehead atoms. The predicted octanol–water partition coefficient (Wildman–Crippen LogP) is 2.17. The van der Waals surface area contributed by atoms with Gasteiger partial charge in [0.2, 0.25) is 0 Å². The van der Waals surface area contributed by atoms with Crippen LogP contribution in [0, 0.1) is 0 Å². The molecule has 1 fully saturated rings. The fourth-order valence-corrected chi connectivity index (χ4v) is 1.56. The molecule has 0 radical (unpaired) electrons. The van der Waals surface area contributed by atoms with E-state index < -0.39 is 11.9 Å². The van der Waals surface area contributed by atoms with E-state index >= 15 is 0 Å². The molecule has 1 aromatic rings. The van der Waals surface area contributed by atoms with E-state index in [1.54, 1.807) is 18.2 Å². The Balaban J connectivity index is 2.32. The number of halogens is 2. The molecule has 2 rings (SSSR count). The minimum atomic E-state index is -0.531. The molecule has 0 saturated carbocycles. The molecule has 0 aromatic heterocycles. The van der Waals surface area contributed by atoms with Crippen molar-refractivity contribution in [1.82, 2.24) is 10.6 Å². The highest BCUT2D eigenvalue weighted by Crippen LogP contribution is 2.23. The molecule has 6 heteroatoms. The molecule has 16 heavy (non-hydrogen) atoms. The van der Waals surface area contributed by atoms with Gasteiger partial charge in [-0.15, -0.1) is 0 Å². The van der Waals surface area contributed by atoms with Gasteiger partial charge in [0.1, 0.15) is 5.70 Å². The van der Waals surface area contributed by atoms with E-state index in [1.165, 1.54) is 6.08 Å². The molecule has 3 amide bonds. The molecule has 0 unspecified atom stereocenters. The van der Waals surface area contributed by atoms with Crippen LogP contribution in [-0.4, -0.2) is 11.9 Å². The van der Waals surface area contributed by atoms with Gasteiger partial charge in [-0.2, -0.15) is 0 Å². The lowest BCUT2D eigenvalue weighted by Crippen LogP contribution is -2.22. The summed E-state index contributed by atoms with van der Waals surface area (Å²) in [4.78, 5) is 22.1. The van der Waals surface area contributed by atoms with E-state index in [4.69, 9.17) is 23.2 Å². The van der Waals surface area contributed by atoms with E-state index in [2.05, 4.69) is 10.6 Å². The van der Waals surface area contributed by atoms with Gasteiger partial charge < -0.3 is 5.32 Å². The SMILES string of the molecule is O=C1NC(=O)/C(=C\c2ccc(Cl)c(Cl)c2)N1. The van der Waals surface area contributed by atoms with Crippen molar-refractivity contribution in [3.63, 3.8) is 0 Å². The Kier molecular flexibility index (Phi) is 2.85. The molecule has 1 aliphatic heterocycles. The van der Waals surface area contributed by atoms with Crippen molar-refractivity contribution < 1.29 is 9.59 Å². The number of imide groups is 1. The summed E-state index contributed by atoms with van der Waals surface area (Å²) in [5.74, 6) is -0.462. The summed E-state index contributed by atoms with van der Waals surface area (Å²) in [7, 11) is 0. The number of carbonyl (C=O) groups is 2. The zero-order chi connectivity index (χ0) is 11.7. The molecule has 4 nitrogen and oxygen atoms in total. The smallest absolute Gasteiger partial charge is 0.303 e. The van der Waals surface area contributed by atoms with E-state index in [1.807, 2.05) is 0 Å². The quantitative estimate of drug-likeness (QED) is 0.598. The molecular formula is C10H6Cl2N2O2. The van der Waals surface area contributed by atoms with Gasteiger partial charge in [-0.25, -0.2) is 4.79 Å². The Hall–Kier alpha value is -1.52. The van der Waals surface area contributed by atoms with Crippen molar-refractivity contribution in [2.24, 2.45) is 0 Å². The Morgan fingerprint density at radius 3 is 2.38 bits per heavy atom. The normalized spacial score (nSPS) is 17.5. The van der Waals surface area contributed by atoms with Crippen LogP contribution >= 0.6 is 23.2 Å². The third kappa shape index (κ3) is 2.18. The molecule has 2 N–H and O–H groups in total. The Morgan fingerprint density at radius 2 is 1.81 bits per heavy atom. The summed E-state index contributed by atoms with van der Waals surface area (Å²) >= 11 is 11.6. The van der Waals surface area contributed by atoms with E-state index in [0.29, 0.717) is 15.6 Å². The van der Waals surface area contributed by atoms with Crippen LogP contribution in [-0.2, 0) is 4.79 Å². The molecule has 0 atom stereocenters. The largest absolute Gasteiger partial charge is 0.326 e. The van der Waals surface area contributed by atoms with Gasteiger partial charge >= 0.3 is 6.03 Å². The lowest BCUT2D eigenvalue weighted by molar-refractivity contribution is -0.115. The summed E-state index contributed by atoms with van der Waals surface area (Å²) in [5.41, 5.74) is 0.866.